The highest BCUT2D eigenvalue weighted by Crippen LogP contribution is 2.23. The fourth-order valence-electron chi connectivity index (χ4n) is 2.08. The van der Waals surface area contributed by atoms with E-state index in [1.165, 1.54) is 0 Å². The molecule has 5 heteroatoms. The molecule has 22 heavy (non-hydrogen) atoms. The lowest BCUT2D eigenvalue weighted by molar-refractivity contribution is -0.142. The summed E-state index contributed by atoms with van der Waals surface area (Å²) in [5.41, 5.74) is 7.61. The third-order valence-corrected chi connectivity index (χ3v) is 3.46. The van der Waals surface area contributed by atoms with Gasteiger partial charge in [-0.05, 0) is 36.8 Å². The van der Waals surface area contributed by atoms with Gasteiger partial charge >= 0.3 is 5.97 Å². The van der Waals surface area contributed by atoms with E-state index in [1.54, 1.807) is 49.4 Å². The van der Waals surface area contributed by atoms with Gasteiger partial charge in [0.15, 0.2) is 5.78 Å². The van der Waals surface area contributed by atoms with Gasteiger partial charge in [-0.3, -0.25) is 9.59 Å². The van der Waals surface area contributed by atoms with Crippen LogP contribution in [0.1, 0.15) is 28.4 Å². The molecule has 2 rings (SSSR count). The number of rotatable bonds is 5. The predicted molar refractivity (Wildman–Crippen MR) is 86.1 cm³/mol. The predicted octanol–water partition coefficient (Wildman–Crippen LogP) is 3.26. The first-order chi connectivity index (χ1) is 10.5. The van der Waals surface area contributed by atoms with Crippen molar-refractivity contribution in [3.63, 3.8) is 0 Å². The van der Waals surface area contributed by atoms with Gasteiger partial charge in [-0.25, -0.2) is 0 Å². The van der Waals surface area contributed by atoms with E-state index in [-0.39, 0.29) is 18.2 Å². The summed E-state index contributed by atoms with van der Waals surface area (Å²) >= 11 is 6.05. The van der Waals surface area contributed by atoms with E-state index >= 15 is 0 Å². The molecule has 0 amide bonds. The Balaban J connectivity index is 2.33. The molecule has 4 nitrogen and oxygen atoms in total. The molecule has 0 atom stereocenters. The summed E-state index contributed by atoms with van der Waals surface area (Å²) in [6.45, 7) is 2.06. The van der Waals surface area contributed by atoms with E-state index in [0.29, 0.717) is 34.0 Å². The second kappa shape index (κ2) is 7.09. The van der Waals surface area contributed by atoms with E-state index in [1.807, 2.05) is 0 Å². The maximum absolute atomic E-state index is 12.6. The highest BCUT2D eigenvalue weighted by Gasteiger charge is 2.16. The number of hydrogen-bond acceptors (Lipinski definition) is 4. The standard InChI is InChI=1S/C17H16ClNO3/c1-2-22-16(20)10-11-7-8-15(19)13(9-11)17(21)12-5-3-4-6-14(12)18/h3-9H,2,10,19H2,1H3. The molecular weight excluding hydrogens is 302 g/mol. The molecule has 0 fully saturated rings. The minimum atomic E-state index is -0.344. The van der Waals surface area contributed by atoms with E-state index in [0.717, 1.165) is 0 Å². The number of carbonyl (C=O) groups excluding carboxylic acids is 2. The largest absolute Gasteiger partial charge is 0.466 e. The Morgan fingerprint density at radius 2 is 1.86 bits per heavy atom. The molecule has 0 saturated heterocycles. The number of esters is 1. The summed E-state index contributed by atoms with van der Waals surface area (Å²) < 4.78 is 4.90. The molecular formula is C17H16ClNO3. The van der Waals surface area contributed by atoms with Gasteiger partial charge in [0.2, 0.25) is 0 Å². The van der Waals surface area contributed by atoms with E-state index < -0.39 is 0 Å². The van der Waals surface area contributed by atoms with Gasteiger partial charge in [0, 0.05) is 16.8 Å². The summed E-state index contributed by atoms with van der Waals surface area (Å²) in [5.74, 6) is -0.614. The molecule has 0 aliphatic heterocycles. The number of anilines is 1. The Morgan fingerprint density at radius 3 is 2.55 bits per heavy atom. The molecule has 0 radical (unpaired) electrons. The van der Waals surface area contributed by atoms with Crippen molar-refractivity contribution in [3.05, 3.63) is 64.2 Å². The maximum Gasteiger partial charge on any atom is 0.310 e. The molecule has 0 spiro atoms. The molecule has 0 aliphatic carbocycles. The van der Waals surface area contributed by atoms with Crippen molar-refractivity contribution in [1.29, 1.82) is 0 Å². The Hall–Kier alpha value is -2.33. The molecule has 114 valence electrons. The molecule has 0 aromatic heterocycles. The summed E-state index contributed by atoms with van der Waals surface area (Å²) in [6.07, 6.45) is 0.0942. The number of nitrogens with two attached hydrogens (primary N) is 1. The highest BCUT2D eigenvalue weighted by molar-refractivity contribution is 6.35. The Labute approximate surface area is 133 Å². The summed E-state index contributed by atoms with van der Waals surface area (Å²) in [7, 11) is 0. The van der Waals surface area contributed by atoms with Crippen LogP contribution in [-0.2, 0) is 16.0 Å². The topological polar surface area (TPSA) is 69.4 Å². The lowest BCUT2D eigenvalue weighted by atomic mass is 9.98. The second-order valence-electron chi connectivity index (χ2n) is 4.71. The number of hydrogen-bond donors (Lipinski definition) is 1. The first-order valence-corrected chi connectivity index (χ1v) is 7.24. The third kappa shape index (κ3) is 3.65. The zero-order valence-electron chi connectivity index (χ0n) is 12.1. The molecule has 2 N–H and O–H groups in total. The van der Waals surface area contributed by atoms with E-state index in [2.05, 4.69) is 0 Å². The van der Waals surface area contributed by atoms with Crippen LogP contribution in [0.25, 0.3) is 0 Å². The van der Waals surface area contributed by atoms with Gasteiger partial charge in [0.1, 0.15) is 0 Å². The molecule has 0 aliphatic rings. The smallest absolute Gasteiger partial charge is 0.310 e. The highest BCUT2D eigenvalue weighted by atomic mass is 35.5. The Morgan fingerprint density at radius 1 is 1.14 bits per heavy atom. The molecule has 2 aromatic carbocycles. The first-order valence-electron chi connectivity index (χ1n) is 6.86. The van der Waals surface area contributed by atoms with Crippen LogP contribution in [0.5, 0.6) is 0 Å². The number of carbonyl (C=O) groups is 2. The van der Waals surface area contributed by atoms with Crippen LogP contribution in [0, 0.1) is 0 Å². The number of halogens is 1. The SMILES string of the molecule is CCOC(=O)Cc1ccc(N)c(C(=O)c2ccccc2Cl)c1. The zero-order chi connectivity index (χ0) is 16.1. The fraction of sp³-hybridized carbons (Fsp3) is 0.176. The van der Waals surface area contributed by atoms with Crippen LogP contribution < -0.4 is 5.73 Å². The van der Waals surface area contributed by atoms with Crippen LogP contribution in [0.3, 0.4) is 0 Å². The van der Waals surface area contributed by atoms with Crippen molar-refractivity contribution in [3.8, 4) is 0 Å². The third-order valence-electron chi connectivity index (χ3n) is 3.13. The fourth-order valence-corrected chi connectivity index (χ4v) is 2.30. The normalized spacial score (nSPS) is 10.3. The van der Waals surface area contributed by atoms with Crippen LogP contribution in [0.4, 0.5) is 5.69 Å². The quantitative estimate of drug-likeness (QED) is 0.522. The van der Waals surface area contributed by atoms with Crippen molar-refractivity contribution in [2.75, 3.05) is 12.3 Å². The second-order valence-corrected chi connectivity index (χ2v) is 5.12. The van der Waals surface area contributed by atoms with Crippen LogP contribution in [-0.4, -0.2) is 18.4 Å². The van der Waals surface area contributed by atoms with E-state index in [4.69, 9.17) is 22.1 Å². The molecule has 0 saturated carbocycles. The average Bonchev–Trinajstić information content (AvgIpc) is 2.49. The van der Waals surface area contributed by atoms with Gasteiger partial charge < -0.3 is 10.5 Å². The lowest BCUT2D eigenvalue weighted by Crippen LogP contribution is -2.10. The molecule has 0 bridgehead atoms. The maximum atomic E-state index is 12.6. The van der Waals surface area contributed by atoms with Crippen molar-refractivity contribution >= 4 is 29.0 Å². The average molecular weight is 318 g/mol. The first kappa shape index (κ1) is 16.0. The number of benzene rings is 2. The molecule has 0 unspecified atom stereocenters. The minimum Gasteiger partial charge on any atom is -0.466 e. The lowest BCUT2D eigenvalue weighted by Gasteiger charge is -2.09. The van der Waals surface area contributed by atoms with Crippen molar-refractivity contribution in [2.45, 2.75) is 13.3 Å². The summed E-state index contributed by atoms with van der Waals surface area (Å²) in [6, 6.07) is 11.7. The van der Waals surface area contributed by atoms with Gasteiger partial charge in [0.05, 0.1) is 18.1 Å². The number of nitrogen functional groups attached to an aromatic ring is 1. The molecule has 0 heterocycles. The van der Waals surface area contributed by atoms with Crippen LogP contribution in [0.2, 0.25) is 5.02 Å². The van der Waals surface area contributed by atoms with Crippen molar-refractivity contribution in [2.24, 2.45) is 0 Å². The van der Waals surface area contributed by atoms with Gasteiger partial charge in [-0.1, -0.05) is 29.8 Å². The molecule has 2 aromatic rings. The van der Waals surface area contributed by atoms with Gasteiger partial charge in [-0.2, -0.15) is 0 Å². The van der Waals surface area contributed by atoms with Crippen molar-refractivity contribution < 1.29 is 14.3 Å². The van der Waals surface area contributed by atoms with Gasteiger partial charge in [0.25, 0.3) is 0 Å². The van der Waals surface area contributed by atoms with Gasteiger partial charge in [-0.15, -0.1) is 0 Å². The Bertz CT molecular complexity index is 713. The summed E-state index contributed by atoms with van der Waals surface area (Å²) in [5, 5.41) is 0.364. The summed E-state index contributed by atoms with van der Waals surface area (Å²) in [4.78, 5) is 24.1. The van der Waals surface area contributed by atoms with Crippen LogP contribution in [0.15, 0.2) is 42.5 Å². The number of ether oxygens (including phenoxy) is 1. The zero-order valence-corrected chi connectivity index (χ0v) is 12.9. The van der Waals surface area contributed by atoms with Crippen LogP contribution >= 0.6 is 11.6 Å². The number of ketones is 1. The monoisotopic (exact) mass is 317 g/mol. The minimum absolute atomic E-state index is 0.0942. The van der Waals surface area contributed by atoms with E-state index in [9.17, 15) is 9.59 Å². The Kier molecular flexibility index (Phi) is 5.17. The van der Waals surface area contributed by atoms with Crippen molar-refractivity contribution in [1.82, 2.24) is 0 Å².